The minimum Gasteiger partial charge on any atom is -0.460 e. The fraction of sp³-hybridized carbons (Fsp3) is 0.923. The molecule has 1 rings (SSSR count). The van der Waals surface area contributed by atoms with Crippen molar-refractivity contribution in [1.82, 2.24) is 0 Å². The molecule has 1 fully saturated rings. The van der Waals surface area contributed by atoms with Gasteiger partial charge in [-0.15, -0.1) is 0 Å². The molecule has 1 atom stereocenters. The standard InChI is InChI=1S/C13H25NO3/c1-3-16-10-11(2)17-12(15)9-13(14)7-5-4-6-8-13/h11H,3-10,14H2,1-2H3. The van der Waals surface area contributed by atoms with Crippen LogP contribution in [0.3, 0.4) is 0 Å². The molecule has 0 saturated heterocycles. The summed E-state index contributed by atoms with van der Waals surface area (Å²) in [7, 11) is 0. The van der Waals surface area contributed by atoms with Gasteiger partial charge in [0.25, 0.3) is 0 Å². The lowest BCUT2D eigenvalue weighted by Gasteiger charge is -2.32. The zero-order chi connectivity index (χ0) is 12.7. The topological polar surface area (TPSA) is 61.5 Å². The molecule has 0 spiro atoms. The van der Waals surface area contributed by atoms with Crippen LogP contribution in [0.2, 0.25) is 0 Å². The van der Waals surface area contributed by atoms with Crippen molar-refractivity contribution in [3.8, 4) is 0 Å². The fourth-order valence-corrected chi connectivity index (χ4v) is 2.30. The molecule has 0 aromatic heterocycles. The number of rotatable bonds is 6. The summed E-state index contributed by atoms with van der Waals surface area (Å²) in [4.78, 5) is 11.7. The van der Waals surface area contributed by atoms with Crippen LogP contribution in [0.25, 0.3) is 0 Å². The van der Waals surface area contributed by atoms with Crippen LogP contribution in [-0.2, 0) is 14.3 Å². The third kappa shape index (κ3) is 5.50. The smallest absolute Gasteiger partial charge is 0.307 e. The molecule has 1 saturated carbocycles. The van der Waals surface area contributed by atoms with E-state index in [1.807, 2.05) is 13.8 Å². The van der Waals surface area contributed by atoms with Crippen LogP contribution in [0.5, 0.6) is 0 Å². The molecule has 4 heteroatoms. The van der Waals surface area contributed by atoms with Crippen LogP contribution in [0.15, 0.2) is 0 Å². The van der Waals surface area contributed by atoms with Gasteiger partial charge in [0.15, 0.2) is 0 Å². The summed E-state index contributed by atoms with van der Waals surface area (Å²) in [6.45, 7) is 4.87. The lowest BCUT2D eigenvalue weighted by Crippen LogP contribution is -2.44. The number of hydrogen-bond donors (Lipinski definition) is 1. The number of carbonyl (C=O) groups excluding carboxylic acids is 1. The molecular formula is C13H25NO3. The Morgan fingerprint density at radius 3 is 2.59 bits per heavy atom. The normalized spacial score (nSPS) is 20.9. The molecule has 0 aromatic carbocycles. The Kier molecular flexibility index (Phi) is 5.92. The van der Waals surface area contributed by atoms with E-state index in [1.54, 1.807) is 0 Å². The summed E-state index contributed by atoms with van der Waals surface area (Å²) in [5.74, 6) is -0.193. The number of hydrogen-bond acceptors (Lipinski definition) is 4. The summed E-state index contributed by atoms with van der Waals surface area (Å²) in [6, 6.07) is 0. The van der Waals surface area contributed by atoms with E-state index in [4.69, 9.17) is 15.2 Å². The van der Waals surface area contributed by atoms with Crippen LogP contribution in [0, 0.1) is 0 Å². The highest BCUT2D eigenvalue weighted by molar-refractivity contribution is 5.71. The minimum atomic E-state index is -0.333. The fourth-order valence-electron chi connectivity index (χ4n) is 2.30. The van der Waals surface area contributed by atoms with Gasteiger partial charge in [-0.3, -0.25) is 4.79 Å². The van der Waals surface area contributed by atoms with Gasteiger partial charge in [0.2, 0.25) is 0 Å². The van der Waals surface area contributed by atoms with Crippen LogP contribution in [0.4, 0.5) is 0 Å². The molecule has 1 unspecified atom stereocenters. The Labute approximate surface area is 104 Å². The average Bonchev–Trinajstić information content (AvgIpc) is 2.26. The van der Waals surface area contributed by atoms with Gasteiger partial charge in [-0.1, -0.05) is 19.3 Å². The molecule has 1 aliphatic carbocycles. The highest BCUT2D eigenvalue weighted by atomic mass is 16.6. The highest BCUT2D eigenvalue weighted by Gasteiger charge is 2.31. The number of nitrogens with two attached hydrogens (primary N) is 1. The molecule has 1 aliphatic rings. The third-order valence-corrected chi connectivity index (χ3v) is 3.24. The summed E-state index contributed by atoms with van der Waals surface area (Å²) in [6.07, 6.45) is 5.49. The molecule has 17 heavy (non-hydrogen) atoms. The Hall–Kier alpha value is -0.610. The predicted octanol–water partition coefficient (Wildman–Crippen LogP) is 2.01. The molecule has 0 radical (unpaired) electrons. The highest BCUT2D eigenvalue weighted by Crippen LogP contribution is 2.28. The van der Waals surface area contributed by atoms with Crippen molar-refractivity contribution in [2.75, 3.05) is 13.2 Å². The second-order valence-corrected chi connectivity index (χ2v) is 5.06. The Morgan fingerprint density at radius 2 is 2.00 bits per heavy atom. The molecular weight excluding hydrogens is 218 g/mol. The van der Waals surface area contributed by atoms with Gasteiger partial charge in [0.1, 0.15) is 6.10 Å². The Bertz CT molecular complexity index is 237. The molecule has 2 N–H and O–H groups in total. The van der Waals surface area contributed by atoms with E-state index in [2.05, 4.69) is 0 Å². The van der Waals surface area contributed by atoms with Gasteiger partial charge in [-0.25, -0.2) is 0 Å². The molecule has 0 bridgehead atoms. The third-order valence-electron chi connectivity index (χ3n) is 3.24. The maximum atomic E-state index is 11.7. The van der Waals surface area contributed by atoms with E-state index in [9.17, 15) is 4.79 Å². The first-order valence-electron chi connectivity index (χ1n) is 6.62. The monoisotopic (exact) mass is 243 g/mol. The molecule has 0 aliphatic heterocycles. The van der Waals surface area contributed by atoms with Gasteiger partial charge in [0.05, 0.1) is 13.0 Å². The van der Waals surface area contributed by atoms with Crippen LogP contribution >= 0.6 is 0 Å². The van der Waals surface area contributed by atoms with Crippen molar-refractivity contribution in [3.63, 3.8) is 0 Å². The van der Waals surface area contributed by atoms with Gasteiger partial charge < -0.3 is 15.2 Å². The van der Waals surface area contributed by atoms with Gasteiger partial charge >= 0.3 is 5.97 Å². The van der Waals surface area contributed by atoms with Crippen LogP contribution in [0.1, 0.15) is 52.4 Å². The van der Waals surface area contributed by atoms with Crippen molar-refractivity contribution in [2.45, 2.75) is 64.0 Å². The second kappa shape index (κ2) is 6.97. The first kappa shape index (κ1) is 14.5. The summed E-state index contributed by atoms with van der Waals surface area (Å²) < 4.78 is 10.5. The predicted molar refractivity (Wildman–Crippen MR) is 66.7 cm³/mol. The number of carbonyl (C=O) groups is 1. The quantitative estimate of drug-likeness (QED) is 0.725. The number of ether oxygens (including phenoxy) is 2. The van der Waals surface area contributed by atoms with Gasteiger partial charge in [-0.05, 0) is 26.7 Å². The molecule has 0 heterocycles. The van der Waals surface area contributed by atoms with Crippen molar-refractivity contribution in [1.29, 1.82) is 0 Å². The maximum absolute atomic E-state index is 11.7. The summed E-state index contributed by atoms with van der Waals surface area (Å²) in [5, 5.41) is 0. The number of esters is 1. The van der Waals surface area contributed by atoms with Gasteiger partial charge in [-0.2, -0.15) is 0 Å². The van der Waals surface area contributed by atoms with E-state index in [0.717, 1.165) is 25.7 Å². The second-order valence-electron chi connectivity index (χ2n) is 5.06. The SMILES string of the molecule is CCOCC(C)OC(=O)CC1(N)CCCCC1. The van der Waals surface area contributed by atoms with E-state index in [0.29, 0.717) is 19.6 Å². The van der Waals surface area contributed by atoms with Crippen molar-refractivity contribution >= 4 is 5.97 Å². The summed E-state index contributed by atoms with van der Waals surface area (Å²) >= 11 is 0. The zero-order valence-electron chi connectivity index (χ0n) is 11.0. The molecule has 100 valence electrons. The maximum Gasteiger partial charge on any atom is 0.307 e. The molecule has 0 aromatic rings. The van der Waals surface area contributed by atoms with Crippen LogP contribution in [-0.4, -0.2) is 30.8 Å². The Balaban J connectivity index is 2.27. The van der Waals surface area contributed by atoms with E-state index in [-0.39, 0.29) is 17.6 Å². The lowest BCUT2D eigenvalue weighted by atomic mass is 9.80. The zero-order valence-corrected chi connectivity index (χ0v) is 11.0. The first-order chi connectivity index (χ1) is 8.06. The first-order valence-corrected chi connectivity index (χ1v) is 6.62. The van der Waals surface area contributed by atoms with Crippen LogP contribution < -0.4 is 5.73 Å². The molecule has 0 amide bonds. The minimum absolute atomic E-state index is 0.186. The van der Waals surface area contributed by atoms with Crippen molar-refractivity contribution in [2.24, 2.45) is 5.73 Å². The van der Waals surface area contributed by atoms with Crippen molar-refractivity contribution in [3.05, 3.63) is 0 Å². The largest absolute Gasteiger partial charge is 0.460 e. The Morgan fingerprint density at radius 1 is 1.35 bits per heavy atom. The van der Waals surface area contributed by atoms with E-state index in [1.165, 1.54) is 6.42 Å². The van der Waals surface area contributed by atoms with E-state index >= 15 is 0 Å². The van der Waals surface area contributed by atoms with Gasteiger partial charge in [0, 0.05) is 12.1 Å². The molecule has 4 nitrogen and oxygen atoms in total. The summed E-state index contributed by atoms with van der Waals surface area (Å²) in [5.41, 5.74) is 5.87. The van der Waals surface area contributed by atoms with Crippen molar-refractivity contribution < 1.29 is 14.3 Å². The lowest BCUT2D eigenvalue weighted by molar-refractivity contribution is -0.152. The van der Waals surface area contributed by atoms with E-state index < -0.39 is 0 Å². The average molecular weight is 243 g/mol.